The summed E-state index contributed by atoms with van der Waals surface area (Å²) in [5.74, 6) is -7.13. The van der Waals surface area contributed by atoms with E-state index in [1.54, 1.807) is 6.20 Å². The SMILES string of the molecule is C.CC(=O)N[C@@H](Cc1ccccc1)C(=O)NC1CCCNC(=O)[C@H](CCCN=C(N)N)NC(=O)[C@H](Cc2ccccc2)NC(=O)[C@@H](CC2CCCCC2)NC(=O)[C@@H]2CCCN2C1=O.CC(=O)N[C@@H](Cc1ccccc1)C(=O)NC1CCCNC(=O)[C@H](CCCNC(N)=O)NC(=O)[C@H](Cc2c[nH]c3ccccc23)NC(=O)[C@@H](CC2CCCCC2)NC(=O)[C@@H]2CCCN2C1=O. The van der Waals surface area contributed by atoms with Crippen LogP contribution < -0.4 is 86.3 Å². The van der Waals surface area contributed by atoms with Gasteiger partial charge in [-0.2, -0.15) is 0 Å². The summed E-state index contributed by atoms with van der Waals surface area (Å²) in [6.45, 7) is 3.57. The van der Waals surface area contributed by atoms with Crippen LogP contribution in [0.5, 0.6) is 0 Å². The molecule has 35 nitrogen and oxygen atoms in total. The Morgan fingerprint density at radius 3 is 1.29 bits per heavy atom. The number of nitrogens with zero attached hydrogens (tertiary/aromatic N) is 3. The molecule has 6 aliphatic rings. The molecule has 4 saturated heterocycles. The maximum absolute atomic E-state index is 14.6. The quantitative estimate of drug-likeness (QED) is 0.0215. The van der Waals surface area contributed by atoms with Crippen LogP contribution in [0.15, 0.2) is 126 Å². The van der Waals surface area contributed by atoms with Crippen molar-refractivity contribution < 1.29 is 71.9 Å². The molecule has 12 atom stereocenters. The van der Waals surface area contributed by atoms with Crippen molar-refractivity contribution in [3.8, 4) is 0 Å². The molecule has 20 N–H and O–H groups in total. The second-order valence-corrected chi connectivity index (χ2v) is 34.2. The third-order valence-electron chi connectivity index (χ3n) is 24.5. The van der Waals surface area contributed by atoms with Crippen molar-refractivity contribution in [2.24, 2.45) is 34.0 Å². The summed E-state index contributed by atoms with van der Waals surface area (Å²) in [5.41, 5.74) is 20.3. The molecular formula is C93H132N20O15. The number of hydrogen-bond acceptors (Lipinski definition) is 16. The van der Waals surface area contributed by atoms with Gasteiger partial charge in [0.2, 0.25) is 82.7 Å². The molecule has 694 valence electrons. The van der Waals surface area contributed by atoms with Crippen LogP contribution in [0.25, 0.3) is 10.9 Å². The van der Waals surface area contributed by atoms with E-state index < -0.39 is 161 Å². The summed E-state index contributed by atoms with van der Waals surface area (Å²) in [5, 5.41) is 37.8. The molecule has 4 aliphatic heterocycles. The van der Waals surface area contributed by atoms with E-state index in [1.807, 2.05) is 115 Å². The Morgan fingerprint density at radius 2 is 0.844 bits per heavy atom. The Labute approximate surface area is 748 Å². The van der Waals surface area contributed by atoms with Crippen LogP contribution in [0.3, 0.4) is 0 Å². The summed E-state index contributed by atoms with van der Waals surface area (Å²) in [6, 6.07) is 21.7. The molecule has 6 fully saturated rings. The van der Waals surface area contributed by atoms with Crippen molar-refractivity contribution in [2.45, 2.75) is 274 Å². The molecule has 128 heavy (non-hydrogen) atoms. The van der Waals surface area contributed by atoms with Gasteiger partial charge in [-0.3, -0.25) is 72.1 Å². The lowest BCUT2D eigenvalue weighted by Gasteiger charge is -2.32. The van der Waals surface area contributed by atoms with Crippen LogP contribution in [0.2, 0.25) is 0 Å². The normalized spacial score (nSPS) is 23.5. The number of aromatic nitrogens is 1. The van der Waals surface area contributed by atoms with E-state index in [2.05, 4.69) is 79.1 Å². The van der Waals surface area contributed by atoms with Crippen molar-refractivity contribution in [3.63, 3.8) is 0 Å². The lowest BCUT2D eigenvalue weighted by molar-refractivity contribution is -0.143. The average Bonchev–Trinajstić information content (AvgIpc) is 1.64. The van der Waals surface area contributed by atoms with Gasteiger partial charge in [0.05, 0.1) is 0 Å². The first-order chi connectivity index (χ1) is 61.2. The second-order valence-electron chi connectivity index (χ2n) is 34.2. The number of aromatic amines is 1. The number of benzene rings is 4. The van der Waals surface area contributed by atoms with Gasteiger partial charge < -0.3 is 101 Å². The van der Waals surface area contributed by atoms with Gasteiger partial charge in [-0.1, -0.05) is 181 Å². The number of aliphatic imine (C=N–C) groups is 1. The van der Waals surface area contributed by atoms with Gasteiger partial charge >= 0.3 is 6.03 Å². The fourth-order valence-corrected chi connectivity index (χ4v) is 17.9. The summed E-state index contributed by atoms with van der Waals surface area (Å²) in [4.78, 5) is 217. The third-order valence-corrected chi connectivity index (χ3v) is 24.5. The predicted molar refractivity (Wildman–Crippen MR) is 483 cm³/mol. The van der Waals surface area contributed by atoms with Crippen LogP contribution in [-0.2, 0) is 92.8 Å². The minimum absolute atomic E-state index is 0. The molecule has 5 aromatic rings. The van der Waals surface area contributed by atoms with Crippen molar-refractivity contribution in [1.29, 1.82) is 0 Å². The fraction of sp³-hybridized carbons (Fsp3) is 0.548. The number of primary amides is 1. The minimum atomic E-state index is -1.16. The Hall–Kier alpha value is -12.5. The summed E-state index contributed by atoms with van der Waals surface area (Å²) < 4.78 is 0. The van der Waals surface area contributed by atoms with Crippen molar-refractivity contribution >= 4 is 106 Å². The van der Waals surface area contributed by atoms with Gasteiger partial charge in [0.15, 0.2) is 5.96 Å². The number of urea groups is 1. The zero-order chi connectivity index (χ0) is 90.7. The summed E-state index contributed by atoms with van der Waals surface area (Å²) in [7, 11) is 0. The molecule has 16 amide bonds. The first-order valence-corrected chi connectivity index (χ1v) is 45.1. The first-order valence-electron chi connectivity index (χ1n) is 45.1. The number of carbonyl (C=O) groups is 15. The highest BCUT2D eigenvalue weighted by atomic mass is 16.2. The van der Waals surface area contributed by atoms with Gasteiger partial charge in [-0.25, -0.2) is 4.79 Å². The number of rotatable bonds is 26. The maximum atomic E-state index is 14.6. The fourth-order valence-electron chi connectivity index (χ4n) is 17.9. The molecule has 5 heterocycles. The number of nitrogens with two attached hydrogens (primary N) is 3. The number of carbonyl (C=O) groups excluding carboxylic acids is 15. The van der Waals surface area contributed by atoms with Gasteiger partial charge in [0, 0.05) is 95.9 Å². The van der Waals surface area contributed by atoms with E-state index in [9.17, 15) is 71.9 Å². The predicted octanol–water partition coefficient (Wildman–Crippen LogP) is 3.19. The molecular weight excluding hydrogens is 1640 g/mol. The number of amides is 16. The molecule has 1 aromatic heterocycles. The highest BCUT2D eigenvalue weighted by Gasteiger charge is 2.44. The zero-order valence-corrected chi connectivity index (χ0v) is 72.9. The van der Waals surface area contributed by atoms with Crippen LogP contribution >= 0.6 is 0 Å². The number of H-pyrrole nitrogens is 1. The Morgan fingerprint density at radius 1 is 0.438 bits per heavy atom. The van der Waals surface area contributed by atoms with Gasteiger partial charge in [0.1, 0.15) is 72.5 Å². The first kappa shape index (κ1) is 99.3. The van der Waals surface area contributed by atoms with E-state index in [0.29, 0.717) is 44.9 Å². The van der Waals surface area contributed by atoms with Gasteiger partial charge in [0.25, 0.3) is 0 Å². The molecule has 0 bridgehead atoms. The molecule has 0 spiro atoms. The highest BCUT2D eigenvalue weighted by molar-refractivity contribution is 6.00. The number of nitrogens with one attached hydrogen (secondary N) is 14. The van der Waals surface area contributed by atoms with E-state index in [0.717, 1.165) is 97.4 Å². The smallest absolute Gasteiger partial charge is 0.312 e. The standard InChI is InChI=1S/C47H64N10O8.C45H64N10O7.CH4/c1-29(58)52-37(25-30-13-4-2-5-14-30)42(60)54-36-20-11-22-49-41(59)35(19-10-23-50-47(48)65)53-44(62)39(27-32-28-51-34-18-9-8-17-33(32)34)55-43(61)38(26-31-15-6-3-7-16-31)56-45(63)40-21-12-24-57(40)46(36)64;1-29(56)50-35(26-30-14-5-2-6-15-30)40(58)52-34-21-12-23-48-39(57)33(20-11-24-49-45(46)47)51-41(59)36(27-31-16-7-3-8-17-31)53-42(60)37(28-32-18-9-4-10-19-32)54-43(61)38-22-13-25-55(38)44(34)62;/h2,4-5,8-9,13-14,17-18,28,31,35-40,51H,3,6-7,10-12,15-16,19-27H2,1H3,(H,49,59)(H,52,58)(H,53,62)(H,54,60)(H,55,61)(H,56,63)(H3,48,50,65);2-3,5-8,14-17,32-38H,4,9-13,18-28H2,1H3,(H,48,57)(H,50,56)(H,51,59)(H,52,58)(H,53,60)(H,54,61)(H4,46,47,49);1H4/t35-,36?,37-,38+,39-,40-;33-,34?,35-,36-,37+,38-;/m00./s1. The van der Waals surface area contributed by atoms with E-state index in [1.165, 1.54) is 23.6 Å². The van der Waals surface area contributed by atoms with E-state index in [-0.39, 0.29) is 135 Å². The van der Waals surface area contributed by atoms with Gasteiger partial charge in [-0.15, -0.1) is 0 Å². The van der Waals surface area contributed by atoms with Crippen LogP contribution in [0.1, 0.15) is 198 Å². The average molecular weight is 1770 g/mol. The zero-order valence-electron chi connectivity index (χ0n) is 72.9. The van der Waals surface area contributed by atoms with Gasteiger partial charge in [-0.05, 0) is 130 Å². The third kappa shape index (κ3) is 31.0. The van der Waals surface area contributed by atoms with Crippen LogP contribution in [0.4, 0.5) is 4.79 Å². The Bertz CT molecular complexity index is 4600. The van der Waals surface area contributed by atoms with Crippen molar-refractivity contribution in [2.75, 3.05) is 39.3 Å². The largest absolute Gasteiger partial charge is 0.370 e. The number of fused-ring (bicyclic) bond motifs is 3. The maximum Gasteiger partial charge on any atom is 0.312 e. The van der Waals surface area contributed by atoms with E-state index >= 15 is 0 Å². The van der Waals surface area contributed by atoms with Crippen molar-refractivity contribution in [3.05, 3.63) is 144 Å². The molecule has 2 aliphatic carbocycles. The Kier molecular flexibility index (Phi) is 39.4. The number of para-hydroxylation sites is 1. The summed E-state index contributed by atoms with van der Waals surface area (Å²) >= 11 is 0. The number of guanidine groups is 1. The highest BCUT2D eigenvalue weighted by Crippen LogP contribution is 2.31. The molecule has 2 unspecified atom stereocenters. The van der Waals surface area contributed by atoms with Crippen LogP contribution in [0, 0.1) is 11.8 Å². The molecule has 11 rings (SSSR count). The Balaban J connectivity index is 0.000000287. The molecule has 0 radical (unpaired) electrons. The monoisotopic (exact) mass is 1770 g/mol. The molecule has 4 aromatic carbocycles. The lowest BCUT2D eigenvalue weighted by atomic mass is 9.84. The summed E-state index contributed by atoms with van der Waals surface area (Å²) in [6.07, 6.45) is 15.8. The number of hydrogen-bond donors (Lipinski definition) is 17. The molecule has 2 saturated carbocycles. The van der Waals surface area contributed by atoms with E-state index in [4.69, 9.17) is 17.2 Å². The molecule has 35 heteroatoms. The topological polar surface area (TPSA) is 525 Å². The van der Waals surface area contributed by atoms with Crippen LogP contribution in [-0.4, -0.2) is 221 Å². The lowest BCUT2D eigenvalue weighted by Crippen LogP contribution is -2.60. The second kappa shape index (κ2) is 50.8. The van der Waals surface area contributed by atoms with Crippen molar-refractivity contribution in [1.82, 2.24) is 83.9 Å². The minimum Gasteiger partial charge on any atom is -0.370 e.